The van der Waals surface area contributed by atoms with Crippen molar-refractivity contribution in [3.63, 3.8) is 0 Å². The zero-order valence-corrected chi connectivity index (χ0v) is 12.4. The van der Waals surface area contributed by atoms with Gasteiger partial charge in [-0.1, -0.05) is 42.5 Å². The fourth-order valence-corrected chi connectivity index (χ4v) is 2.50. The first-order valence-corrected chi connectivity index (χ1v) is 7.45. The van der Waals surface area contributed by atoms with Crippen LogP contribution < -0.4 is 4.74 Å². The lowest BCUT2D eigenvalue weighted by atomic mass is 10.1. The van der Waals surface area contributed by atoms with Crippen molar-refractivity contribution in [1.29, 1.82) is 0 Å². The number of rotatable bonds is 4. The van der Waals surface area contributed by atoms with Gasteiger partial charge >= 0.3 is 0 Å². The maximum Gasteiger partial charge on any atom is 0.156 e. The molecule has 1 N–H and O–H groups in total. The third-order valence-electron chi connectivity index (χ3n) is 3.65. The molecule has 0 radical (unpaired) electrons. The third-order valence-corrected chi connectivity index (χ3v) is 3.65. The Morgan fingerprint density at radius 3 is 2.61 bits per heavy atom. The summed E-state index contributed by atoms with van der Waals surface area (Å²) in [6.07, 6.45) is 3.38. The van der Waals surface area contributed by atoms with Gasteiger partial charge in [0.1, 0.15) is 17.9 Å². The van der Waals surface area contributed by atoms with Crippen LogP contribution in [0.4, 0.5) is 0 Å². The van der Waals surface area contributed by atoms with Gasteiger partial charge in [0.2, 0.25) is 0 Å². The summed E-state index contributed by atoms with van der Waals surface area (Å²) in [7, 11) is 0. The molecule has 4 rings (SSSR count). The lowest BCUT2D eigenvalue weighted by Crippen LogP contribution is -1.95. The van der Waals surface area contributed by atoms with Gasteiger partial charge in [0.05, 0.1) is 0 Å². The van der Waals surface area contributed by atoms with Gasteiger partial charge in [-0.05, 0) is 23.8 Å². The fourth-order valence-electron chi connectivity index (χ4n) is 2.50. The smallest absolute Gasteiger partial charge is 0.156 e. The molecule has 0 aliphatic heterocycles. The van der Waals surface area contributed by atoms with E-state index in [1.54, 1.807) is 12.4 Å². The maximum atomic E-state index is 5.88. The quantitative estimate of drug-likeness (QED) is 0.614. The Balaban J connectivity index is 1.58. The van der Waals surface area contributed by atoms with Crippen LogP contribution in [0.5, 0.6) is 5.75 Å². The largest absolute Gasteiger partial charge is 0.489 e. The van der Waals surface area contributed by atoms with E-state index in [1.165, 1.54) is 0 Å². The Hall–Kier alpha value is -3.14. The van der Waals surface area contributed by atoms with Gasteiger partial charge in [-0.15, -0.1) is 0 Å². The zero-order valence-electron chi connectivity index (χ0n) is 12.4. The van der Waals surface area contributed by atoms with E-state index in [4.69, 9.17) is 4.74 Å². The second kappa shape index (κ2) is 5.93. The Labute approximate surface area is 133 Å². The van der Waals surface area contributed by atoms with E-state index in [0.717, 1.165) is 33.7 Å². The number of H-pyrrole nitrogens is 1. The van der Waals surface area contributed by atoms with Crippen LogP contribution in [0.3, 0.4) is 0 Å². The van der Waals surface area contributed by atoms with E-state index >= 15 is 0 Å². The van der Waals surface area contributed by atoms with Gasteiger partial charge in [0, 0.05) is 23.7 Å². The first-order valence-electron chi connectivity index (χ1n) is 7.45. The van der Waals surface area contributed by atoms with Crippen LogP contribution in [0.25, 0.3) is 22.4 Å². The predicted molar refractivity (Wildman–Crippen MR) is 90.1 cm³/mol. The molecule has 2 heterocycles. The van der Waals surface area contributed by atoms with Crippen LogP contribution in [0.15, 0.2) is 73.1 Å². The van der Waals surface area contributed by atoms with Crippen molar-refractivity contribution in [3.05, 3.63) is 78.6 Å². The van der Waals surface area contributed by atoms with Crippen LogP contribution in [-0.2, 0) is 6.61 Å². The molecule has 0 aliphatic carbocycles. The molecule has 0 unspecified atom stereocenters. The summed E-state index contributed by atoms with van der Waals surface area (Å²) in [6, 6.07) is 20.2. The van der Waals surface area contributed by atoms with E-state index in [0.29, 0.717) is 6.61 Å². The monoisotopic (exact) mass is 301 g/mol. The minimum absolute atomic E-state index is 0.556. The number of aromatic amines is 1. The van der Waals surface area contributed by atoms with Gasteiger partial charge in [0.25, 0.3) is 0 Å². The lowest BCUT2D eigenvalue weighted by Gasteiger charge is -2.07. The predicted octanol–water partition coefficient (Wildman–Crippen LogP) is 4.20. The minimum Gasteiger partial charge on any atom is -0.489 e. The fraction of sp³-hybridized carbons (Fsp3) is 0.0526. The van der Waals surface area contributed by atoms with E-state index in [1.807, 2.05) is 48.5 Å². The van der Waals surface area contributed by atoms with Gasteiger partial charge in [0.15, 0.2) is 5.65 Å². The van der Waals surface area contributed by atoms with Gasteiger partial charge in [-0.3, -0.25) is 4.98 Å². The summed E-state index contributed by atoms with van der Waals surface area (Å²) in [5.74, 6) is 0.839. The second-order valence-electron chi connectivity index (χ2n) is 5.28. The number of aromatic nitrogens is 3. The van der Waals surface area contributed by atoms with Crippen LogP contribution in [0, 0.1) is 0 Å². The first kappa shape index (κ1) is 13.5. The molecule has 0 fully saturated rings. The summed E-state index contributed by atoms with van der Waals surface area (Å²) in [5, 5.41) is 0. The number of nitrogens with zero attached hydrogens (tertiary/aromatic N) is 2. The summed E-state index contributed by atoms with van der Waals surface area (Å²) in [6.45, 7) is 0.556. The SMILES string of the molecule is c1ccc(COc2cccc(-c3cc4nccnc4[nH]3)c2)cc1. The van der Waals surface area contributed by atoms with Crippen LogP contribution in [0.1, 0.15) is 5.56 Å². The molecule has 0 amide bonds. The molecule has 4 nitrogen and oxygen atoms in total. The Kier molecular flexibility index (Phi) is 3.48. The second-order valence-corrected chi connectivity index (χ2v) is 5.28. The highest BCUT2D eigenvalue weighted by Crippen LogP contribution is 2.25. The van der Waals surface area contributed by atoms with Crippen molar-refractivity contribution in [1.82, 2.24) is 15.0 Å². The molecule has 0 atom stereocenters. The van der Waals surface area contributed by atoms with Crippen molar-refractivity contribution in [2.75, 3.05) is 0 Å². The lowest BCUT2D eigenvalue weighted by molar-refractivity contribution is 0.306. The molecule has 0 spiro atoms. The third kappa shape index (κ3) is 2.92. The van der Waals surface area contributed by atoms with Crippen molar-refractivity contribution in [2.24, 2.45) is 0 Å². The van der Waals surface area contributed by atoms with Gasteiger partial charge in [-0.25, -0.2) is 4.98 Å². The number of nitrogens with one attached hydrogen (secondary N) is 1. The van der Waals surface area contributed by atoms with E-state index in [9.17, 15) is 0 Å². The van der Waals surface area contributed by atoms with Crippen molar-refractivity contribution in [2.45, 2.75) is 6.61 Å². The minimum atomic E-state index is 0.556. The highest BCUT2D eigenvalue weighted by atomic mass is 16.5. The highest BCUT2D eigenvalue weighted by Gasteiger charge is 2.06. The first-order chi connectivity index (χ1) is 11.4. The molecule has 4 heteroatoms. The molecule has 112 valence electrons. The van der Waals surface area contributed by atoms with Gasteiger partial charge in [-0.2, -0.15) is 0 Å². The number of hydrogen-bond acceptors (Lipinski definition) is 3. The number of ether oxygens (including phenoxy) is 1. The standard InChI is InChI=1S/C19H15N3O/c1-2-5-14(6-3-1)13-23-16-8-4-7-15(11-16)17-12-18-19(22-17)21-10-9-20-18/h1-12H,13H2,(H,21,22). The van der Waals surface area contributed by atoms with Crippen LogP contribution in [-0.4, -0.2) is 15.0 Å². The molecule has 2 aromatic heterocycles. The average Bonchev–Trinajstić information content (AvgIpc) is 3.05. The summed E-state index contributed by atoms with van der Waals surface area (Å²) in [5.41, 5.74) is 4.83. The molecule has 4 aromatic rings. The zero-order chi connectivity index (χ0) is 15.5. The molecule has 2 aromatic carbocycles. The highest BCUT2D eigenvalue weighted by molar-refractivity contribution is 5.79. The maximum absolute atomic E-state index is 5.88. The summed E-state index contributed by atoms with van der Waals surface area (Å²) >= 11 is 0. The molecule has 0 saturated carbocycles. The molecule has 0 saturated heterocycles. The summed E-state index contributed by atoms with van der Waals surface area (Å²) < 4.78 is 5.88. The van der Waals surface area contributed by atoms with Gasteiger partial charge < -0.3 is 9.72 Å². The van der Waals surface area contributed by atoms with E-state index in [2.05, 4.69) is 27.1 Å². The number of benzene rings is 2. The number of fused-ring (bicyclic) bond motifs is 1. The topological polar surface area (TPSA) is 50.8 Å². The van der Waals surface area contributed by atoms with Crippen molar-refractivity contribution in [3.8, 4) is 17.0 Å². The van der Waals surface area contributed by atoms with Crippen LogP contribution in [0.2, 0.25) is 0 Å². The molecular formula is C19H15N3O. The summed E-state index contributed by atoms with van der Waals surface area (Å²) in [4.78, 5) is 11.9. The average molecular weight is 301 g/mol. The molecular weight excluding hydrogens is 286 g/mol. The molecule has 0 aliphatic rings. The van der Waals surface area contributed by atoms with Crippen molar-refractivity contribution >= 4 is 11.2 Å². The number of hydrogen-bond donors (Lipinski definition) is 1. The van der Waals surface area contributed by atoms with E-state index in [-0.39, 0.29) is 0 Å². The van der Waals surface area contributed by atoms with Crippen molar-refractivity contribution < 1.29 is 4.74 Å². The van der Waals surface area contributed by atoms with E-state index < -0.39 is 0 Å². The van der Waals surface area contributed by atoms with Crippen LogP contribution >= 0.6 is 0 Å². The Morgan fingerprint density at radius 1 is 0.870 bits per heavy atom. The normalized spacial score (nSPS) is 10.8. The molecule has 23 heavy (non-hydrogen) atoms. The Morgan fingerprint density at radius 2 is 1.74 bits per heavy atom. The molecule has 0 bridgehead atoms. The Bertz CT molecular complexity index is 898.